The molecule has 1 atom stereocenters. The molecule has 0 aromatic heterocycles. The topological polar surface area (TPSA) is 53.6 Å². The number of ether oxygens (including phenoxy) is 1. The number of hydrogen-bond acceptors (Lipinski definition) is 4. The van der Waals surface area contributed by atoms with Gasteiger partial charge in [0, 0.05) is 18.7 Å². The smallest absolute Gasteiger partial charge is 0.262 e. The first kappa shape index (κ1) is 24.1. The first-order valence-corrected chi connectivity index (χ1v) is 7.64. The van der Waals surface area contributed by atoms with E-state index >= 15 is 0 Å². The number of rotatable bonds is 6. The average molecular weight is 421 g/mol. The van der Waals surface area contributed by atoms with Crippen molar-refractivity contribution in [2.45, 2.75) is 18.4 Å². The highest BCUT2D eigenvalue weighted by molar-refractivity contribution is 6.32. The number of amides is 1. The van der Waals surface area contributed by atoms with Crippen LogP contribution in [0.3, 0.4) is 0 Å². The molecule has 1 unspecified atom stereocenters. The molecule has 0 aliphatic carbocycles. The van der Waals surface area contributed by atoms with Gasteiger partial charge in [0.25, 0.3) is 5.92 Å². The van der Waals surface area contributed by atoms with Crippen molar-refractivity contribution in [3.63, 3.8) is 0 Å². The van der Waals surface area contributed by atoms with Crippen LogP contribution in [0.4, 0.5) is 14.5 Å². The molecule has 1 amide bonds. The third-order valence-corrected chi connectivity index (χ3v) is 3.72. The predicted octanol–water partition coefficient (Wildman–Crippen LogP) is 3.06. The van der Waals surface area contributed by atoms with Crippen molar-refractivity contribution in [1.82, 2.24) is 10.2 Å². The molecule has 144 valence electrons. The summed E-state index contributed by atoms with van der Waals surface area (Å²) in [6.07, 6.45) is -0.502. The fourth-order valence-corrected chi connectivity index (χ4v) is 2.40. The minimum Gasteiger partial charge on any atom is -0.491 e. The molecule has 2 N–H and O–H groups in total. The molecule has 2 rings (SSSR count). The maximum atomic E-state index is 13.1. The molecule has 1 aromatic rings. The fourth-order valence-electron chi connectivity index (χ4n) is 2.16. The number of carbonyl (C=O) groups is 1. The van der Waals surface area contributed by atoms with E-state index in [4.69, 9.17) is 16.3 Å². The van der Waals surface area contributed by atoms with Crippen LogP contribution in [0.5, 0.6) is 5.75 Å². The second kappa shape index (κ2) is 10.3. The molecular weight excluding hydrogens is 399 g/mol. The third-order valence-electron chi connectivity index (χ3n) is 3.42. The normalized spacial score (nSPS) is 18.2. The lowest BCUT2D eigenvalue weighted by molar-refractivity contribution is -0.118. The summed E-state index contributed by atoms with van der Waals surface area (Å²) in [4.78, 5) is 13.9. The molecule has 25 heavy (non-hydrogen) atoms. The molecular formula is C15H22Cl3F2N3O2. The summed E-state index contributed by atoms with van der Waals surface area (Å²) in [5.74, 6) is -2.83. The largest absolute Gasteiger partial charge is 0.491 e. The zero-order chi connectivity index (χ0) is 17.0. The van der Waals surface area contributed by atoms with Gasteiger partial charge in [-0.3, -0.25) is 10.1 Å². The lowest BCUT2D eigenvalue weighted by atomic mass is 10.2. The second-order valence-electron chi connectivity index (χ2n) is 5.78. The Labute approximate surface area is 163 Å². The summed E-state index contributed by atoms with van der Waals surface area (Å²) < 4.78 is 31.7. The number of likely N-dealkylation sites (N-methyl/N-ethyl adjacent to an activating group) is 1. The minimum absolute atomic E-state index is 0. The van der Waals surface area contributed by atoms with Gasteiger partial charge in [0.15, 0.2) is 0 Å². The number of carbonyl (C=O) groups excluding carboxylic acids is 1. The summed E-state index contributed by atoms with van der Waals surface area (Å²) in [6.45, 7) is 0.750. The average Bonchev–Trinajstić information content (AvgIpc) is 2.81. The van der Waals surface area contributed by atoms with Crippen LogP contribution in [0.15, 0.2) is 18.2 Å². The van der Waals surface area contributed by atoms with Gasteiger partial charge in [-0.15, -0.1) is 24.8 Å². The van der Waals surface area contributed by atoms with Gasteiger partial charge in [-0.25, -0.2) is 8.78 Å². The van der Waals surface area contributed by atoms with Crippen LogP contribution in [0.1, 0.15) is 6.42 Å². The van der Waals surface area contributed by atoms with Crippen LogP contribution < -0.4 is 15.4 Å². The number of benzene rings is 1. The van der Waals surface area contributed by atoms with Gasteiger partial charge in [-0.1, -0.05) is 11.6 Å². The Morgan fingerprint density at radius 2 is 2.12 bits per heavy atom. The SMILES string of the molecule is CN(C)CCOc1ccc(NC(=O)C2CC(F)(F)CN2)cc1Cl.Cl.Cl. The third kappa shape index (κ3) is 7.50. The summed E-state index contributed by atoms with van der Waals surface area (Å²) in [7, 11) is 3.87. The Hall–Kier alpha value is -0.860. The zero-order valence-corrected chi connectivity index (χ0v) is 16.2. The molecule has 0 radical (unpaired) electrons. The van der Waals surface area contributed by atoms with Crippen LogP contribution in [0, 0.1) is 0 Å². The van der Waals surface area contributed by atoms with Crippen LogP contribution in [-0.2, 0) is 4.79 Å². The van der Waals surface area contributed by atoms with Gasteiger partial charge in [-0.05, 0) is 32.3 Å². The van der Waals surface area contributed by atoms with Crippen molar-refractivity contribution < 1.29 is 18.3 Å². The Morgan fingerprint density at radius 3 is 2.64 bits per heavy atom. The van der Waals surface area contributed by atoms with E-state index in [-0.39, 0.29) is 24.8 Å². The monoisotopic (exact) mass is 419 g/mol. The number of nitrogens with one attached hydrogen (secondary N) is 2. The maximum Gasteiger partial charge on any atom is 0.262 e. The highest BCUT2D eigenvalue weighted by Crippen LogP contribution is 2.29. The van der Waals surface area contributed by atoms with E-state index in [9.17, 15) is 13.6 Å². The zero-order valence-electron chi connectivity index (χ0n) is 13.9. The number of halogens is 5. The lowest BCUT2D eigenvalue weighted by Crippen LogP contribution is -2.35. The van der Waals surface area contributed by atoms with Crippen molar-refractivity contribution in [2.24, 2.45) is 0 Å². The standard InChI is InChI=1S/C15H20ClF2N3O2.2ClH/c1-21(2)5-6-23-13-4-3-10(7-11(13)16)20-14(22)12-8-15(17,18)9-19-12;;/h3-4,7,12,19H,5-6,8-9H2,1-2H3,(H,20,22);2*1H. The van der Waals surface area contributed by atoms with Crippen molar-refractivity contribution >= 4 is 48.0 Å². The molecule has 0 saturated carbocycles. The Bertz CT molecular complexity index is 577. The maximum absolute atomic E-state index is 13.1. The molecule has 10 heteroatoms. The van der Waals surface area contributed by atoms with Gasteiger partial charge in [0.1, 0.15) is 12.4 Å². The highest BCUT2D eigenvalue weighted by Gasteiger charge is 2.42. The van der Waals surface area contributed by atoms with E-state index in [0.29, 0.717) is 23.1 Å². The van der Waals surface area contributed by atoms with Gasteiger partial charge < -0.3 is 15.0 Å². The Morgan fingerprint density at radius 1 is 1.44 bits per heavy atom. The molecule has 1 aliphatic rings. The van der Waals surface area contributed by atoms with E-state index in [2.05, 4.69) is 10.6 Å². The predicted molar refractivity (Wildman–Crippen MR) is 100.0 cm³/mol. The van der Waals surface area contributed by atoms with E-state index in [1.165, 1.54) is 6.07 Å². The van der Waals surface area contributed by atoms with Crippen molar-refractivity contribution in [2.75, 3.05) is 39.1 Å². The van der Waals surface area contributed by atoms with Gasteiger partial charge in [-0.2, -0.15) is 0 Å². The minimum atomic E-state index is -2.84. The van der Waals surface area contributed by atoms with E-state index in [1.54, 1.807) is 12.1 Å². The first-order chi connectivity index (χ1) is 10.8. The van der Waals surface area contributed by atoms with E-state index < -0.39 is 30.8 Å². The molecule has 1 aromatic carbocycles. The van der Waals surface area contributed by atoms with Crippen LogP contribution in [0.25, 0.3) is 0 Å². The highest BCUT2D eigenvalue weighted by atomic mass is 35.5. The fraction of sp³-hybridized carbons (Fsp3) is 0.533. The number of nitrogens with zero attached hydrogens (tertiary/aromatic N) is 1. The van der Waals surface area contributed by atoms with Crippen LogP contribution in [0.2, 0.25) is 5.02 Å². The van der Waals surface area contributed by atoms with Crippen molar-refractivity contribution in [3.05, 3.63) is 23.2 Å². The summed E-state index contributed by atoms with van der Waals surface area (Å²) in [5, 5.41) is 5.44. The van der Waals surface area contributed by atoms with Gasteiger partial charge in [0.05, 0.1) is 17.6 Å². The molecule has 5 nitrogen and oxygen atoms in total. The quantitative estimate of drug-likeness (QED) is 0.743. The molecule has 1 fully saturated rings. The molecule has 1 aliphatic heterocycles. The van der Waals surface area contributed by atoms with Crippen molar-refractivity contribution in [3.8, 4) is 5.75 Å². The Balaban J connectivity index is 0.00000288. The van der Waals surface area contributed by atoms with Crippen LogP contribution in [-0.4, -0.2) is 56.6 Å². The summed E-state index contributed by atoms with van der Waals surface area (Å²) >= 11 is 6.11. The lowest BCUT2D eigenvalue weighted by Gasteiger charge is -2.14. The van der Waals surface area contributed by atoms with Gasteiger partial charge in [0.2, 0.25) is 5.91 Å². The number of hydrogen-bond donors (Lipinski definition) is 2. The first-order valence-electron chi connectivity index (χ1n) is 7.26. The van der Waals surface area contributed by atoms with E-state index in [1.807, 2.05) is 19.0 Å². The summed E-state index contributed by atoms with van der Waals surface area (Å²) in [5.41, 5.74) is 0.442. The second-order valence-corrected chi connectivity index (χ2v) is 6.19. The molecule has 1 heterocycles. The molecule has 0 spiro atoms. The molecule has 1 saturated heterocycles. The van der Waals surface area contributed by atoms with Gasteiger partial charge >= 0.3 is 0 Å². The van der Waals surface area contributed by atoms with Crippen LogP contribution >= 0.6 is 36.4 Å². The molecule has 0 bridgehead atoms. The number of alkyl halides is 2. The van der Waals surface area contributed by atoms with Crippen molar-refractivity contribution in [1.29, 1.82) is 0 Å². The Kier molecular flexibility index (Phi) is 9.97. The number of anilines is 1. The summed E-state index contributed by atoms with van der Waals surface area (Å²) in [6, 6.07) is 3.91. The van der Waals surface area contributed by atoms with E-state index in [0.717, 1.165) is 6.54 Å².